The molecule has 0 saturated heterocycles. The average Bonchev–Trinajstić information content (AvgIpc) is 3.03. The minimum Gasteiger partial charge on any atom is -0.378 e. The Labute approximate surface area is 127 Å². The smallest absolute Gasteiger partial charge is 0.149 e. The van der Waals surface area contributed by atoms with Crippen LogP contribution < -0.4 is 14.8 Å². The van der Waals surface area contributed by atoms with Gasteiger partial charge in [0.05, 0.1) is 17.9 Å². The summed E-state index contributed by atoms with van der Waals surface area (Å²) < 4.78 is 1.28. The summed E-state index contributed by atoms with van der Waals surface area (Å²) in [6, 6.07) is 10.5. The summed E-state index contributed by atoms with van der Waals surface area (Å²) in [5, 5.41) is 5.34. The molecule has 2 aromatic rings. The molecule has 0 spiro atoms. The van der Waals surface area contributed by atoms with Crippen molar-refractivity contribution in [3.8, 4) is 0 Å². The predicted molar refractivity (Wildman–Crippen MR) is 87.2 cm³/mol. The lowest BCUT2D eigenvalue weighted by Crippen LogP contribution is -2.26. The molecule has 4 rings (SSSR count). The molecule has 4 heteroatoms. The van der Waals surface area contributed by atoms with E-state index in [9.17, 15) is 0 Å². The third-order valence-electron chi connectivity index (χ3n) is 3.61. The third kappa shape index (κ3) is 2.07. The van der Waals surface area contributed by atoms with Gasteiger partial charge in [-0.3, -0.25) is 0 Å². The van der Waals surface area contributed by atoms with Crippen LogP contribution in [0.5, 0.6) is 0 Å². The van der Waals surface area contributed by atoms with Gasteiger partial charge in [-0.1, -0.05) is 18.2 Å². The molecule has 3 nitrogen and oxygen atoms in total. The Balaban J connectivity index is 1.95. The highest BCUT2D eigenvalue weighted by Crippen LogP contribution is 2.33. The SMILES string of the molecule is CN(C)CC1=CC2=c3ccsc3=Cc3ccccc3N2O1. The maximum Gasteiger partial charge on any atom is 0.149 e. The Morgan fingerprint density at radius 3 is 2.86 bits per heavy atom. The second-order valence-corrected chi connectivity index (χ2v) is 6.47. The average molecular weight is 296 g/mol. The quantitative estimate of drug-likeness (QED) is 0.842. The number of fused-ring (bicyclic) bond motifs is 4. The monoisotopic (exact) mass is 296 g/mol. The zero-order chi connectivity index (χ0) is 14.4. The molecular formula is C17H16N2OS. The second-order valence-electron chi connectivity index (χ2n) is 5.52. The largest absolute Gasteiger partial charge is 0.378 e. The molecule has 0 N–H and O–H groups in total. The lowest BCUT2D eigenvalue weighted by Gasteiger charge is -2.21. The van der Waals surface area contributed by atoms with Gasteiger partial charge in [0.1, 0.15) is 5.76 Å². The molecular weight excluding hydrogens is 280 g/mol. The molecule has 0 aliphatic carbocycles. The standard InChI is InChI=1S/C17H16N2OS/c1-18(2)11-13-10-16-14-7-8-21-17(14)9-12-5-3-4-6-15(12)19(16)20-13/h3-10H,11H2,1-2H3. The molecule has 106 valence electrons. The van der Waals surface area contributed by atoms with Crippen LogP contribution >= 0.6 is 11.3 Å². The van der Waals surface area contributed by atoms with Crippen LogP contribution in [0.15, 0.2) is 47.5 Å². The van der Waals surface area contributed by atoms with E-state index in [2.05, 4.69) is 66.9 Å². The van der Waals surface area contributed by atoms with Crippen LogP contribution in [0, 0.1) is 0 Å². The first-order valence-electron chi connectivity index (χ1n) is 6.94. The van der Waals surface area contributed by atoms with Crippen LogP contribution in [0.4, 0.5) is 5.69 Å². The van der Waals surface area contributed by atoms with E-state index in [-0.39, 0.29) is 0 Å². The van der Waals surface area contributed by atoms with Crippen molar-refractivity contribution in [2.75, 3.05) is 25.7 Å². The van der Waals surface area contributed by atoms with Crippen molar-refractivity contribution in [1.29, 1.82) is 0 Å². The number of hydroxylamine groups is 1. The first-order chi connectivity index (χ1) is 10.2. The zero-order valence-electron chi connectivity index (χ0n) is 12.0. The molecule has 1 aromatic carbocycles. The van der Waals surface area contributed by atoms with Gasteiger partial charge in [0, 0.05) is 21.4 Å². The Hall–Kier alpha value is -2.04. The first-order valence-corrected chi connectivity index (χ1v) is 7.82. The number of hydrogen-bond donors (Lipinski definition) is 0. The number of rotatable bonds is 2. The van der Waals surface area contributed by atoms with Crippen molar-refractivity contribution in [1.82, 2.24) is 4.90 Å². The molecule has 2 aliphatic rings. The van der Waals surface area contributed by atoms with Crippen LogP contribution in [0.25, 0.3) is 11.8 Å². The third-order valence-corrected chi connectivity index (χ3v) is 4.47. The molecule has 0 saturated carbocycles. The van der Waals surface area contributed by atoms with E-state index in [0.29, 0.717) is 0 Å². The summed E-state index contributed by atoms with van der Waals surface area (Å²) in [6.07, 6.45) is 4.39. The van der Waals surface area contributed by atoms with E-state index >= 15 is 0 Å². The van der Waals surface area contributed by atoms with Crippen LogP contribution in [0.3, 0.4) is 0 Å². The number of anilines is 1. The van der Waals surface area contributed by atoms with Gasteiger partial charge >= 0.3 is 0 Å². The number of benzene rings is 1. The van der Waals surface area contributed by atoms with Crippen molar-refractivity contribution in [3.63, 3.8) is 0 Å². The fraction of sp³-hybridized carbons (Fsp3) is 0.176. The number of likely N-dealkylation sites (N-methyl/N-ethyl adjacent to an activating group) is 1. The highest BCUT2D eigenvalue weighted by Gasteiger charge is 2.26. The number of hydrogen-bond acceptors (Lipinski definition) is 4. The van der Waals surface area contributed by atoms with Crippen molar-refractivity contribution < 1.29 is 4.84 Å². The molecule has 0 atom stereocenters. The highest BCUT2D eigenvalue weighted by molar-refractivity contribution is 7.07. The molecule has 0 radical (unpaired) electrons. The van der Waals surface area contributed by atoms with Gasteiger partial charge in [-0.25, -0.2) is 0 Å². The van der Waals surface area contributed by atoms with E-state index in [1.807, 2.05) is 5.06 Å². The van der Waals surface area contributed by atoms with Gasteiger partial charge < -0.3 is 9.74 Å². The zero-order valence-corrected chi connectivity index (χ0v) is 12.9. The van der Waals surface area contributed by atoms with Gasteiger partial charge in [-0.05, 0) is 37.7 Å². The summed E-state index contributed by atoms with van der Waals surface area (Å²) in [7, 11) is 4.10. The molecule has 2 aliphatic heterocycles. The lowest BCUT2D eigenvalue weighted by atomic mass is 10.2. The predicted octanol–water partition coefficient (Wildman–Crippen LogP) is 1.90. The van der Waals surface area contributed by atoms with Gasteiger partial charge in [0.15, 0.2) is 0 Å². The summed E-state index contributed by atoms with van der Waals surface area (Å²) >= 11 is 1.77. The van der Waals surface area contributed by atoms with E-state index in [4.69, 9.17) is 4.84 Å². The van der Waals surface area contributed by atoms with Crippen LogP contribution in [0.2, 0.25) is 0 Å². The fourth-order valence-corrected chi connectivity index (χ4v) is 3.58. The molecule has 0 unspecified atom stereocenters. The summed E-state index contributed by atoms with van der Waals surface area (Å²) in [4.78, 5) is 8.23. The Morgan fingerprint density at radius 1 is 1.14 bits per heavy atom. The molecule has 0 bridgehead atoms. The van der Waals surface area contributed by atoms with Gasteiger partial charge in [-0.2, -0.15) is 5.06 Å². The molecule has 0 fully saturated rings. The normalized spacial score (nSPS) is 15.7. The maximum atomic E-state index is 6.11. The topological polar surface area (TPSA) is 15.7 Å². The Kier molecular flexibility index (Phi) is 2.87. The van der Waals surface area contributed by atoms with Crippen LogP contribution in [-0.4, -0.2) is 25.5 Å². The van der Waals surface area contributed by atoms with Crippen molar-refractivity contribution in [3.05, 3.63) is 62.9 Å². The highest BCUT2D eigenvalue weighted by atomic mass is 32.1. The summed E-state index contributed by atoms with van der Waals surface area (Å²) in [5.74, 6) is 0.976. The summed E-state index contributed by atoms with van der Waals surface area (Å²) in [5.41, 5.74) is 3.42. The molecule has 3 heterocycles. The van der Waals surface area contributed by atoms with Gasteiger partial charge in [0.2, 0.25) is 0 Å². The van der Waals surface area contributed by atoms with E-state index in [1.54, 1.807) is 11.3 Å². The molecule has 1 aromatic heterocycles. The van der Waals surface area contributed by atoms with E-state index in [0.717, 1.165) is 23.7 Å². The first kappa shape index (κ1) is 12.7. The number of para-hydroxylation sites is 1. The minimum atomic E-state index is 0.797. The second kappa shape index (κ2) is 4.76. The van der Waals surface area contributed by atoms with Crippen molar-refractivity contribution in [2.45, 2.75) is 0 Å². The van der Waals surface area contributed by atoms with Gasteiger partial charge in [-0.15, -0.1) is 11.3 Å². The molecule has 0 amide bonds. The van der Waals surface area contributed by atoms with Crippen LogP contribution in [-0.2, 0) is 4.84 Å². The van der Waals surface area contributed by atoms with Gasteiger partial charge in [0.25, 0.3) is 0 Å². The number of thiophene rings is 1. The van der Waals surface area contributed by atoms with E-state index in [1.165, 1.54) is 15.3 Å². The van der Waals surface area contributed by atoms with E-state index < -0.39 is 0 Å². The Bertz CT molecular complexity index is 848. The lowest BCUT2D eigenvalue weighted by molar-refractivity contribution is 0.206. The molecule has 21 heavy (non-hydrogen) atoms. The summed E-state index contributed by atoms with van der Waals surface area (Å²) in [6.45, 7) is 0.797. The maximum absolute atomic E-state index is 6.11. The minimum absolute atomic E-state index is 0.797. The van der Waals surface area contributed by atoms with Crippen LogP contribution in [0.1, 0.15) is 5.56 Å². The fourth-order valence-electron chi connectivity index (χ4n) is 2.74. The number of nitrogens with zero attached hydrogens (tertiary/aromatic N) is 2. The Morgan fingerprint density at radius 2 is 2.00 bits per heavy atom. The van der Waals surface area contributed by atoms with Crippen molar-refractivity contribution >= 4 is 28.8 Å². The van der Waals surface area contributed by atoms with Crippen molar-refractivity contribution in [2.24, 2.45) is 0 Å².